The van der Waals surface area contributed by atoms with Crippen molar-refractivity contribution < 1.29 is 4.79 Å². The topological polar surface area (TPSA) is 46.3 Å². The van der Waals surface area contributed by atoms with Crippen LogP contribution in [0, 0.1) is 3.57 Å². The molecule has 0 saturated carbocycles. The standard InChI is InChI=1S/C17H19IN2O/c18-16-9-7-15(8-10-16)17(21)20(12-4-11-19)13-14-5-2-1-3-6-14/h1-3,5-10H,4,11-13,19H2. The van der Waals surface area contributed by atoms with E-state index in [4.69, 9.17) is 5.73 Å². The molecule has 3 nitrogen and oxygen atoms in total. The van der Waals surface area contributed by atoms with Gasteiger partial charge in [0.15, 0.2) is 0 Å². The summed E-state index contributed by atoms with van der Waals surface area (Å²) in [5, 5.41) is 0. The summed E-state index contributed by atoms with van der Waals surface area (Å²) in [7, 11) is 0. The zero-order valence-corrected chi connectivity index (χ0v) is 14.0. The van der Waals surface area contributed by atoms with Crippen LogP contribution in [0.25, 0.3) is 0 Å². The van der Waals surface area contributed by atoms with E-state index in [2.05, 4.69) is 22.6 Å². The van der Waals surface area contributed by atoms with E-state index < -0.39 is 0 Å². The summed E-state index contributed by atoms with van der Waals surface area (Å²) in [6, 6.07) is 17.7. The Hall–Kier alpha value is -1.40. The summed E-state index contributed by atoms with van der Waals surface area (Å²) in [4.78, 5) is 14.5. The number of nitrogens with zero attached hydrogens (tertiary/aromatic N) is 1. The molecular weight excluding hydrogens is 375 g/mol. The molecule has 21 heavy (non-hydrogen) atoms. The van der Waals surface area contributed by atoms with Crippen LogP contribution >= 0.6 is 22.6 Å². The summed E-state index contributed by atoms with van der Waals surface area (Å²) in [5.41, 5.74) is 7.45. The molecule has 4 heteroatoms. The highest BCUT2D eigenvalue weighted by molar-refractivity contribution is 14.1. The first-order valence-corrected chi connectivity index (χ1v) is 8.07. The molecule has 0 radical (unpaired) electrons. The Kier molecular flexibility index (Phi) is 6.20. The summed E-state index contributed by atoms with van der Waals surface area (Å²) < 4.78 is 1.13. The van der Waals surface area contributed by atoms with Crippen LogP contribution < -0.4 is 5.73 Å². The van der Waals surface area contributed by atoms with Crippen LogP contribution in [-0.4, -0.2) is 23.9 Å². The molecule has 0 aliphatic heterocycles. The number of nitrogens with two attached hydrogens (primary N) is 1. The lowest BCUT2D eigenvalue weighted by molar-refractivity contribution is 0.0742. The highest BCUT2D eigenvalue weighted by Crippen LogP contribution is 2.12. The maximum atomic E-state index is 12.6. The Bertz CT molecular complexity index is 569. The Morgan fingerprint density at radius 3 is 2.33 bits per heavy atom. The Labute approximate surface area is 139 Å². The number of hydrogen-bond acceptors (Lipinski definition) is 2. The third-order valence-electron chi connectivity index (χ3n) is 3.23. The second kappa shape index (κ2) is 8.14. The molecule has 0 aliphatic carbocycles. The monoisotopic (exact) mass is 394 g/mol. The van der Waals surface area contributed by atoms with Crippen LogP contribution in [0.5, 0.6) is 0 Å². The molecule has 1 amide bonds. The minimum Gasteiger partial charge on any atom is -0.334 e. The Morgan fingerprint density at radius 1 is 1.05 bits per heavy atom. The van der Waals surface area contributed by atoms with Crippen LogP contribution in [0.15, 0.2) is 54.6 Å². The third-order valence-corrected chi connectivity index (χ3v) is 3.95. The van der Waals surface area contributed by atoms with E-state index in [1.165, 1.54) is 0 Å². The molecule has 0 atom stereocenters. The van der Waals surface area contributed by atoms with Crippen molar-refractivity contribution in [2.24, 2.45) is 5.73 Å². The van der Waals surface area contributed by atoms with E-state index >= 15 is 0 Å². The van der Waals surface area contributed by atoms with Crippen LogP contribution in [0.3, 0.4) is 0 Å². The average molecular weight is 394 g/mol. The quantitative estimate of drug-likeness (QED) is 0.765. The van der Waals surface area contributed by atoms with Crippen molar-refractivity contribution >= 4 is 28.5 Å². The fourth-order valence-electron chi connectivity index (χ4n) is 2.11. The molecule has 0 fully saturated rings. The van der Waals surface area contributed by atoms with Crippen molar-refractivity contribution in [3.05, 3.63) is 69.3 Å². The minimum atomic E-state index is 0.0590. The summed E-state index contributed by atoms with van der Waals surface area (Å²) in [6.45, 7) is 1.88. The van der Waals surface area contributed by atoms with Crippen molar-refractivity contribution in [3.63, 3.8) is 0 Å². The van der Waals surface area contributed by atoms with Gasteiger partial charge >= 0.3 is 0 Å². The van der Waals surface area contributed by atoms with Crippen molar-refractivity contribution in [3.8, 4) is 0 Å². The van der Waals surface area contributed by atoms with Crippen molar-refractivity contribution in [1.29, 1.82) is 0 Å². The highest BCUT2D eigenvalue weighted by atomic mass is 127. The van der Waals surface area contributed by atoms with Gasteiger partial charge in [0.1, 0.15) is 0 Å². The largest absolute Gasteiger partial charge is 0.334 e. The van der Waals surface area contributed by atoms with E-state index in [1.54, 1.807) is 0 Å². The summed E-state index contributed by atoms with van der Waals surface area (Å²) in [5.74, 6) is 0.0590. The molecular formula is C17H19IN2O. The molecule has 2 aromatic rings. The van der Waals surface area contributed by atoms with Crippen molar-refractivity contribution in [2.45, 2.75) is 13.0 Å². The normalized spacial score (nSPS) is 10.4. The van der Waals surface area contributed by atoms with Crippen LogP contribution in [0.2, 0.25) is 0 Å². The van der Waals surface area contributed by atoms with Gasteiger partial charge in [-0.3, -0.25) is 4.79 Å². The first-order chi connectivity index (χ1) is 10.2. The van der Waals surface area contributed by atoms with Crippen molar-refractivity contribution in [1.82, 2.24) is 4.90 Å². The van der Waals surface area contributed by atoms with E-state index in [-0.39, 0.29) is 5.91 Å². The number of carbonyl (C=O) groups is 1. The molecule has 0 aliphatic rings. The molecule has 2 rings (SSSR count). The fraction of sp³-hybridized carbons (Fsp3) is 0.235. The lowest BCUT2D eigenvalue weighted by Gasteiger charge is -2.23. The SMILES string of the molecule is NCCCN(Cc1ccccc1)C(=O)c1ccc(I)cc1. The number of halogens is 1. The Morgan fingerprint density at radius 2 is 1.71 bits per heavy atom. The number of hydrogen-bond donors (Lipinski definition) is 1. The molecule has 110 valence electrons. The molecule has 0 bridgehead atoms. The maximum Gasteiger partial charge on any atom is 0.254 e. The molecule has 0 heterocycles. The molecule has 2 aromatic carbocycles. The second-order valence-electron chi connectivity index (χ2n) is 4.86. The van der Waals surface area contributed by atoms with E-state index in [9.17, 15) is 4.79 Å². The van der Waals surface area contributed by atoms with Gasteiger partial charge < -0.3 is 10.6 Å². The Balaban J connectivity index is 2.14. The number of benzene rings is 2. The fourth-order valence-corrected chi connectivity index (χ4v) is 2.47. The van der Waals surface area contributed by atoms with Gasteiger partial charge in [0, 0.05) is 22.2 Å². The zero-order valence-electron chi connectivity index (χ0n) is 11.8. The van der Waals surface area contributed by atoms with E-state index in [0.717, 1.165) is 21.1 Å². The number of rotatable bonds is 6. The van der Waals surface area contributed by atoms with Gasteiger partial charge in [-0.15, -0.1) is 0 Å². The predicted octanol–water partition coefficient (Wildman–Crippen LogP) is 3.28. The van der Waals surface area contributed by atoms with Crippen LogP contribution in [0.4, 0.5) is 0 Å². The maximum absolute atomic E-state index is 12.6. The predicted molar refractivity (Wildman–Crippen MR) is 94.0 cm³/mol. The summed E-state index contributed by atoms with van der Waals surface area (Å²) in [6.07, 6.45) is 0.808. The minimum absolute atomic E-state index is 0.0590. The highest BCUT2D eigenvalue weighted by Gasteiger charge is 2.15. The van der Waals surface area contributed by atoms with E-state index in [0.29, 0.717) is 19.6 Å². The van der Waals surface area contributed by atoms with E-state index in [1.807, 2.05) is 59.5 Å². The molecule has 0 spiro atoms. The van der Waals surface area contributed by atoms with Gasteiger partial charge in [-0.25, -0.2) is 0 Å². The molecule has 0 unspecified atom stereocenters. The molecule has 0 aromatic heterocycles. The molecule has 2 N–H and O–H groups in total. The number of amides is 1. The lowest BCUT2D eigenvalue weighted by Crippen LogP contribution is -2.32. The van der Waals surface area contributed by atoms with Gasteiger partial charge in [-0.05, 0) is 65.4 Å². The van der Waals surface area contributed by atoms with Gasteiger partial charge in [-0.1, -0.05) is 30.3 Å². The van der Waals surface area contributed by atoms with Crippen molar-refractivity contribution in [2.75, 3.05) is 13.1 Å². The smallest absolute Gasteiger partial charge is 0.254 e. The lowest BCUT2D eigenvalue weighted by atomic mass is 10.1. The van der Waals surface area contributed by atoms with Gasteiger partial charge in [0.05, 0.1) is 0 Å². The van der Waals surface area contributed by atoms with Gasteiger partial charge in [0.25, 0.3) is 5.91 Å². The van der Waals surface area contributed by atoms with Gasteiger partial charge in [0.2, 0.25) is 0 Å². The van der Waals surface area contributed by atoms with Crippen LogP contribution in [-0.2, 0) is 6.54 Å². The first kappa shape index (κ1) is 16.0. The van der Waals surface area contributed by atoms with Crippen LogP contribution in [0.1, 0.15) is 22.3 Å². The number of carbonyl (C=O) groups excluding carboxylic acids is 1. The first-order valence-electron chi connectivity index (χ1n) is 6.99. The summed E-state index contributed by atoms with van der Waals surface area (Å²) >= 11 is 2.24. The van der Waals surface area contributed by atoms with Gasteiger partial charge in [-0.2, -0.15) is 0 Å². The zero-order chi connectivity index (χ0) is 15.1. The third kappa shape index (κ3) is 4.82. The average Bonchev–Trinajstić information content (AvgIpc) is 2.52. The molecule has 0 saturated heterocycles. The second-order valence-corrected chi connectivity index (χ2v) is 6.11.